The Bertz CT molecular complexity index is 834. The monoisotopic (exact) mass is 443 g/mol. The average molecular weight is 444 g/mol. The predicted octanol–water partition coefficient (Wildman–Crippen LogP) is 1.59. The summed E-state index contributed by atoms with van der Waals surface area (Å²) in [6.07, 6.45) is 6.44. The third-order valence-electron chi connectivity index (χ3n) is 6.41. The molecule has 2 aliphatic rings. The van der Waals surface area contributed by atoms with Gasteiger partial charge in [0.1, 0.15) is 0 Å². The van der Waals surface area contributed by atoms with E-state index in [1.165, 1.54) is 6.42 Å². The number of rotatable bonds is 10. The molecule has 2 aliphatic heterocycles. The highest BCUT2D eigenvalue weighted by molar-refractivity contribution is 6.22. The summed E-state index contributed by atoms with van der Waals surface area (Å²) in [5.41, 5.74) is 5.15. The van der Waals surface area contributed by atoms with Gasteiger partial charge in [-0.25, -0.2) is 4.79 Å². The molecule has 32 heavy (non-hydrogen) atoms. The Balaban J connectivity index is 1.88. The first kappa shape index (κ1) is 23.9. The number of hydrogen-bond donors (Lipinski definition) is 4. The van der Waals surface area contributed by atoms with Gasteiger partial charge in [-0.2, -0.15) is 0 Å². The maximum atomic E-state index is 13.2. The Labute approximate surface area is 188 Å². The van der Waals surface area contributed by atoms with Crippen LogP contribution < -0.4 is 21.7 Å². The highest BCUT2D eigenvalue weighted by Gasteiger charge is 2.56. The first-order chi connectivity index (χ1) is 15.4. The Morgan fingerprint density at radius 3 is 2.28 bits per heavy atom. The van der Waals surface area contributed by atoms with E-state index in [2.05, 4.69) is 22.9 Å². The minimum absolute atomic E-state index is 0.282. The molecule has 0 aliphatic carbocycles. The number of carbonyl (C=O) groups excluding carboxylic acids is 4. The van der Waals surface area contributed by atoms with Crippen LogP contribution in [-0.4, -0.2) is 53.8 Å². The van der Waals surface area contributed by atoms with E-state index in [1.807, 2.05) is 4.90 Å². The lowest BCUT2D eigenvalue weighted by molar-refractivity contribution is -0.151. The Hall–Kier alpha value is -2.78. The van der Waals surface area contributed by atoms with E-state index in [9.17, 15) is 19.2 Å². The normalized spacial score (nSPS) is 21.2. The lowest BCUT2D eigenvalue weighted by atomic mass is 9.83. The first-order valence-corrected chi connectivity index (χ1v) is 11.4. The lowest BCUT2D eigenvalue weighted by Gasteiger charge is -2.49. The molecule has 5 N–H and O–H groups in total. The number of piperazine rings is 1. The van der Waals surface area contributed by atoms with Gasteiger partial charge in [0.25, 0.3) is 11.8 Å². The van der Waals surface area contributed by atoms with Crippen molar-refractivity contribution in [1.29, 1.82) is 0 Å². The van der Waals surface area contributed by atoms with Crippen molar-refractivity contribution in [2.45, 2.75) is 63.5 Å². The number of hydrogen-bond acceptors (Lipinski definition) is 6. The van der Waals surface area contributed by atoms with Crippen LogP contribution in [0.1, 0.15) is 73.8 Å². The molecule has 1 atom stereocenters. The molecule has 0 radical (unpaired) electrons. The number of barbiturate groups is 1. The summed E-state index contributed by atoms with van der Waals surface area (Å²) in [5, 5.41) is 7.97. The van der Waals surface area contributed by atoms with Crippen LogP contribution >= 0.6 is 0 Å². The Kier molecular flexibility index (Phi) is 7.98. The van der Waals surface area contributed by atoms with Crippen molar-refractivity contribution in [1.82, 2.24) is 20.9 Å². The fourth-order valence-electron chi connectivity index (χ4n) is 4.67. The van der Waals surface area contributed by atoms with Gasteiger partial charge in [0.2, 0.25) is 5.91 Å². The summed E-state index contributed by atoms with van der Waals surface area (Å²) in [5.74, 6) is -1.65. The molecule has 3 rings (SSSR count). The van der Waals surface area contributed by atoms with E-state index in [1.54, 1.807) is 24.3 Å². The summed E-state index contributed by atoms with van der Waals surface area (Å²) in [6, 6.07) is 5.83. The maximum Gasteiger partial charge on any atom is 0.328 e. The second-order valence-electron chi connectivity index (χ2n) is 8.51. The molecule has 0 bridgehead atoms. The largest absolute Gasteiger partial charge is 0.366 e. The third kappa shape index (κ3) is 4.99. The zero-order valence-corrected chi connectivity index (χ0v) is 18.6. The Morgan fingerprint density at radius 1 is 1.03 bits per heavy atom. The van der Waals surface area contributed by atoms with Crippen molar-refractivity contribution in [3.05, 3.63) is 35.4 Å². The minimum atomic E-state index is -1.46. The highest BCUT2D eigenvalue weighted by Crippen LogP contribution is 2.35. The van der Waals surface area contributed by atoms with Gasteiger partial charge in [-0.05, 0) is 24.1 Å². The fraction of sp³-hybridized carbons (Fsp3) is 0.565. The van der Waals surface area contributed by atoms with Crippen LogP contribution in [0.3, 0.4) is 0 Å². The van der Waals surface area contributed by atoms with Crippen molar-refractivity contribution >= 4 is 23.8 Å². The fourth-order valence-corrected chi connectivity index (χ4v) is 4.67. The van der Waals surface area contributed by atoms with Crippen LogP contribution in [0.25, 0.3) is 0 Å². The summed E-state index contributed by atoms with van der Waals surface area (Å²) in [4.78, 5) is 51.6. The number of imide groups is 2. The molecule has 0 spiro atoms. The molecule has 2 heterocycles. The van der Waals surface area contributed by atoms with Crippen LogP contribution in [-0.2, 0) is 9.59 Å². The van der Waals surface area contributed by atoms with Crippen molar-refractivity contribution in [3.8, 4) is 0 Å². The van der Waals surface area contributed by atoms with Gasteiger partial charge >= 0.3 is 6.03 Å². The number of benzene rings is 1. The average Bonchev–Trinajstić information content (AvgIpc) is 2.78. The molecular formula is C23H33N5O4. The molecule has 2 saturated heterocycles. The quantitative estimate of drug-likeness (QED) is 0.321. The number of nitrogens with zero attached hydrogens (tertiary/aromatic N) is 1. The van der Waals surface area contributed by atoms with Crippen LogP contribution in [0.4, 0.5) is 4.79 Å². The molecule has 9 heteroatoms. The van der Waals surface area contributed by atoms with E-state index in [0.717, 1.165) is 31.2 Å². The predicted molar refractivity (Wildman–Crippen MR) is 120 cm³/mol. The second kappa shape index (κ2) is 10.7. The number of primary amides is 1. The SMILES string of the molecule is CCCCCCCCC1(N2CCNCC2c2ccc(C(N)=O)cc2)C(=O)NC(=O)NC1=O. The van der Waals surface area contributed by atoms with Crippen molar-refractivity contribution in [3.63, 3.8) is 0 Å². The summed E-state index contributed by atoms with van der Waals surface area (Å²) >= 11 is 0. The number of amides is 5. The van der Waals surface area contributed by atoms with Gasteiger partial charge in [-0.15, -0.1) is 0 Å². The molecule has 2 fully saturated rings. The summed E-state index contributed by atoms with van der Waals surface area (Å²) < 4.78 is 0. The number of carbonyl (C=O) groups is 4. The topological polar surface area (TPSA) is 134 Å². The zero-order chi connectivity index (χ0) is 23.1. The molecular weight excluding hydrogens is 410 g/mol. The molecule has 5 amide bonds. The molecule has 1 unspecified atom stereocenters. The standard InChI is InChI=1S/C23H33N5O4/c1-2-3-4-5-6-7-12-23(20(30)26-22(32)27-21(23)31)28-14-13-25-15-18(28)16-8-10-17(11-9-16)19(24)29/h8-11,18,25H,2-7,12-15H2,1H3,(H2,24,29)(H2,26,27,30,31,32). The molecule has 174 valence electrons. The van der Waals surface area contributed by atoms with Crippen molar-refractivity contribution < 1.29 is 19.2 Å². The summed E-state index contributed by atoms with van der Waals surface area (Å²) in [7, 11) is 0. The highest BCUT2D eigenvalue weighted by atomic mass is 16.2. The number of nitrogens with two attached hydrogens (primary N) is 1. The van der Waals surface area contributed by atoms with E-state index in [0.29, 0.717) is 38.0 Å². The van der Waals surface area contributed by atoms with Gasteiger partial charge in [-0.1, -0.05) is 57.6 Å². The van der Waals surface area contributed by atoms with E-state index in [-0.39, 0.29) is 6.04 Å². The second-order valence-corrected chi connectivity index (χ2v) is 8.51. The summed E-state index contributed by atoms with van der Waals surface area (Å²) in [6.45, 7) is 3.77. The van der Waals surface area contributed by atoms with Gasteiger partial charge < -0.3 is 11.1 Å². The smallest absolute Gasteiger partial charge is 0.328 e. The molecule has 0 aromatic heterocycles. The van der Waals surface area contributed by atoms with Crippen LogP contribution in [0.2, 0.25) is 0 Å². The van der Waals surface area contributed by atoms with E-state index < -0.39 is 29.3 Å². The zero-order valence-electron chi connectivity index (χ0n) is 18.6. The van der Waals surface area contributed by atoms with Crippen molar-refractivity contribution in [2.75, 3.05) is 19.6 Å². The van der Waals surface area contributed by atoms with Gasteiger partial charge in [-0.3, -0.25) is 29.9 Å². The van der Waals surface area contributed by atoms with Crippen LogP contribution in [0.5, 0.6) is 0 Å². The van der Waals surface area contributed by atoms with Gasteiger partial charge in [0.15, 0.2) is 5.54 Å². The Morgan fingerprint density at radius 2 is 1.66 bits per heavy atom. The molecule has 1 aromatic carbocycles. The molecule has 0 saturated carbocycles. The van der Waals surface area contributed by atoms with Gasteiger partial charge in [0, 0.05) is 31.2 Å². The van der Waals surface area contributed by atoms with E-state index in [4.69, 9.17) is 5.73 Å². The number of unbranched alkanes of at least 4 members (excludes halogenated alkanes) is 5. The minimum Gasteiger partial charge on any atom is -0.366 e. The third-order valence-corrected chi connectivity index (χ3v) is 6.41. The maximum absolute atomic E-state index is 13.2. The molecule has 9 nitrogen and oxygen atoms in total. The number of urea groups is 1. The first-order valence-electron chi connectivity index (χ1n) is 11.4. The van der Waals surface area contributed by atoms with Gasteiger partial charge in [0.05, 0.1) is 0 Å². The number of nitrogens with one attached hydrogen (secondary N) is 3. The van der Waals surface area contributed by atoms with Crippen LogP contribution in [0.15, 0.2) is 24.3 Å². The molecule has 1 aromatic rings. The lowest BCUT2D eigenvalue weighted by Crippen LogP contribution is -2.75. The van der Waals surface area contributed by atoms with Crippen molar-refractivity contribution in [2.24, 2.45) is 5.73 Å². The van der Waals surface area contributed by atoms with Crippen LogP contribution in [0, 0.1) is 0 Å². The van der Waals surface area contributed by atoms with E-state index >= 15 is 0 Å².